The summed E-state index contributed by atoms with van der Waals surface area (Å²) in [4.78, 5) is 3.03. The van der Waals surface area contributed by atoms with Crippen LogP contribution in [0.3, 0.4) is 0 Å². The standard InChI is InChI=1S/C10H18N2O2/c1-4-6-8(3)7-9(12-11)10(13)14-5-2/h8H,4-7H2,1-3H3/p+1/b10-9+. The molecule has 14 heavy (non-hydrogen) atoms. The van der Waals surface area contributed by atoms with E-state index < -0.39 is 0 Å². The van der Waals surface area contributed by atoms with Crippen molar-refractivity contribution in [2.45, 2.75) is 40.0 Å². The van der Waals surface area contributed by atoms with Crippen LogP contribution in [0, 0.1) is 11.3 Å². The van der Waals surface area contributed by atoms with Gasteiger partial charge in [-0.3, -0.25) is 0 Å². The van der Waals surface area contributed by atoms with E-state index in [1.807, 2.05) is 6.92 Å². The minimum absolute atomic E-state index is 0.229. The normalized spacial score (nSPS) is 14.1. The van der Waals surface area contributed by atoms with Crippen LogP contribution in [0.25, 0.3) is 4.98 Å². The van der Waals surface area contributed by atoms with E-state index >= 15 is 0 Å². The molecule has 0 saturated carbocycles. The Morgan fingerprint density at radius 3 is 2.57 bits per heavy atom. The lowest BCUT2D eigenvalue weighted by molar-refractivity contribution is 0.0971. The first-order chi connectivity index (χ1) is 6.65. The summed E-state index contributed by atoms with van der Waals surface area (Å²) in [5, 5.41) is 18.0. The van der Waals surface area contributed by atoms with E-state index in [4.69, 9.17) is 10.1 Å². The van der Waals surface area contributed by atoms with E-state index in [9.17, 15) is 5.11 Å². The van der Waals surface area contributed by atoms with E-state index in [1.54, 1.807) is 6.92 Å². The van der Waals surface area contributed by atoms with Gasteiger partial charge in [-0.15, -0.1) is 0 Å². The van der Waals surface area contributed by atoms with Crippen molar-refractivity contribution in [2.75, 3.05) is 6.61 Å². The van der Waals surface area contributed by atoms with Crippen molar-refractivity contribution < 1.29 is 9.84 Å². The summed E-state index contributed by atoms with van der Waals surface area (Å²) in [5.41, 5.74) is 0.229. The SMILES string of the molecule is CCCC(C)C/C([N+]#N)=C(/O)OCC. The second-order valence-electron chi connectivity index (χ2n) is 3.38. The lowest BCUT2D eigenvalue weighted by Gasteiger charge is -2.04. The topological polar surface area (TPSA) is 57.6 Å². The average Bonchev–Trinajstić information content (AvgIpc) is 2.15. The average molecular weight is 199 g/mol. The minimum atomic E-state index is -0.266. The summed E-state index contributed by atoms with van der Waals surface area (Å²) >= 11 is 0. The largest absolute Gasteiger partial charge is 0.475 e. The van der Waals surface area contributed by atoms with Crippen molar-refractivity contribution >= 4 is 0 Å². The molecule has 0 heterocycles. The van der Waals surface area contributed by atoms with Crippen LogP contribution in [0.2, 0.25) is 0 Å². The molecule has 0 amide bonds. The van der Waals surface area contributed by atoms with Crippen LogP contribution in [0.4, 0.5) is 0 Å². The number of rotatable bonds is 6. The van der Waals surface area contributed by atoms with Crippen LogP contribution in [-0.4, -0.2) is 11.7 Å². The molecule has 1 unspecified atom stereocenters. The molecule has 0 bridgehead atoms. The third-order valence-corrected chi connectivity index (χ3v) is 1.97. The fourth-order valence-electron chi connectivity index (χ4n) is 1.32. The quantitative estimate of drug-likeness (QED) is 0.526. The van der Waals surface area contributed by atoms with Gasteiger partial charge in [0.05, 0.1) is 13.0 Å². The molecule has 1 N–H and O–H groups in total. The number of diazo groups is 1. The highest BCUT2D eigenvalue weighted by molar-refractivity contribution is 5.09. The number of aliphatic hydroxyl groups is 1. The first kappa shape index (κ1) is 12.8. The monoisotopic (exact) mass is 199 g/mol. The number of nitrogens with zero attached hydrogens (tertiary/aromatic N) is 2. The Labute approximate surface area is 85.2 Å². The van der Waals surface area contributed by atoms with Gasteiger partial charge in [0.1, 0.15) is 0 Å². The van der Waals surface area contributed by atoms with Crippen LogP contribution in [-0.2, 0) is 4.74 Å². The Kier molecular flexibility index (Phi) is 6.55. The van der Waals surface area contributed by atoms with Gasteiger partial charge in [0.25, 0.3) is 0 Å². The summed E-state index contributed by atoms with van der Waals surface area (Å²) in [6.07, 6.45) is 2.66. The predicted octanol–water partition coefficient (Wildman–Crippen LogP) is 3.43. The molecule has 0 spiro atoms. The number of ether oxygens (including phenoxy) is 1. The first-order valence-corrected chi connectivity index (χ1v) is 5.05. The van der Waals surface area contributed by atoms with Gasteiger partial charge in [0.2, 0.25) is 5.39 Å². The van der Waals surface area contributed by atoms with E-state index in [-0.39, 0.29) is 11.6 Å². The molecule has 1 atom stereocenters. The fraction of sp³-hybridized carbons (Fsp3) is 0.800. The fourth-order valence-corrected chi connectivity index (χ4v) is 1.32. The van der Waals surface area contributed by atoms with Crippen LogP contribution < -0.4 is 0 Å². The molecule has 0 aliphatic carbocycles. The molecule has 0 rings (SSSR count). The lowest BCUT2D eigenvalue weighted by atomic mass is 10.0. The van der Waals surface area contributed by atoms with Gasteiger partial charge in [0, 0.05) is 0 Å². The molecule has 0 aromatic heterocycles. The Hall–Kier alpha value is -1.24. The van der Waals surface area contributed by atoms with Crippen molar-refractivity contribution in [3.05, 3.63) is 16.6 Å². The number of hydrogen-bond donors (Lipinski definition) is 1. The van der Waals surface area contributed by atoms with Gasteiger partial charge in [0.15, 0.2) is 4.98 Å². The van der Waals surface area contributed by atoms with Gasteiger partial charge >= 0.3 is 11.6 Å². The molecule has 0 radical (unpaired) electrons. The van der Waals surface area contributed by atoms with Crippen molar-refractivity contribution in [1.29, 1.82) is 5.39 Å². The zero-order valence-electron chi connectivity index (χ0n) is 9.16. The summed E-state index contributed by atoms with van der Waals surface area (Å²) in [7, 11) is 0. The minimum Gasteiger partial charge on any atom is -0.475 e. The number of allylic oxidation sites excluding steroid dienone is 1. The summed E-state index contributed by atoms with van der Waals surface area (Å²) < 4.78 is 4.86. The molecule has 0 aliphatic heterocycles. The van der Waals surface area contributed by atoms with Crippen molar-refractivity contribution in [2.24, 2.45) is 5.92 Å². The molecule has 0 saturated heterocycles. The van der Waals surface area contributed by atoms with Gasteiger partial charge in [-0.05, 0) is 12.8 Å². The van der Waals surface area contributed by atoms with Crippen LogP contribution in [0.15, 0.2) is 11.6 Å². The van der Waals surface area contributed by atoms with Crippen molar-refractivity contribution in [3.63, 3.8) is 0 Å². The summed E-state index contributed by atoms with van der Waals surface area (Å²) in [6.45, 7) is 6.28. The maximum atomic E-state index is 9.33. The van der Waals surface area contributed by atoms with Crippen LogP contribution >= 0.6 is 0 Å². The maximum absolute atomic E-state index is 9.33. The molecule has 0 aromatic carbocycles. The Balaban J connectivity index is 4.28. The summed E-state index contributed by atoms with van der Waals surface area (Å²) in [6, 6.07) is 0. The number of aliphatic hydroxyl groups excluding tert-OH is 1. The Morgan fingerprint density at radius 1 is 1.50 bits per heavy atom. The lowest BCUT2D eigenvalue weighted by Crippen LogP contribution is -2.00. The highest BCUT2D eigenvalue weighted by Crippen LogP contribution is 2.19. The van der Waals surface area contributed by atoms with Gasteiger partial charge in [-0.25, -0.2) is 0 Å². The Morgan fingerprint density at radius 2 is 2.14 bits per heavy atom. The van der Waals surface area contributed by atoms with Crippen LogP contribution in [0.1, 0.15) is 40.0 Å². The molecular formula is C10H19N2O2+. The molecular weight excluding hydrogens is 180 g/mol. The van der Waals surface area contributed by atoms with E-state index in [0.717, 1.165) is 12.8 Å². The smallest absolute Gasteiger partial charge is 0.440 e. The van der Waals surface area contributed by atoms with E-state index in [0.29, 0.717) is 18.9 Å². The summed E-state index contributed by atoms with van der Waals surface area (Å²) in [5.74, 6) is 0.117. The third kappa shape index (κ3) is 4.70. The van der Waals surface area contributed by atoms with Gasteiger partial charge in [-0.2, -0.15) is 0 Å². The van der Waals surface area contributed by atoms with Gasteiger partial charge < -0.3 is 9.84 Å². The Bertz CT molecular complexity index is 231. The van der Waals surface area contributed by atoms with Crippen molar-refractivity contribution in [1.82, 2.24) is 0 Å². The second-order valence-corrected chi connectivity index (χ2v) is 3.38. The zero-order chi connectivity index (χ0) is 11.0. The highest BCUT2D eigenvalue weighted by Gasteiger charge is 2.23. The van der Waals surface area contributed by atoms with Gasteiger partial charge in [-0.1, -0.05) is 26.7 Å². The van der Waals surface area contributed by atoms with E-state index in [2.05, 4.69) is 11.9 Å². The zero-order valence-corrected chi connectivity index (χ0v) is 9.16. The van der Waals surface area contributed by atoms with E-state index in [1.165, 1.54) is 0 Å². The predicted molar refractivity (Wildman–Crippen MR) is 55.1 cm³/mol. The molecule has 80 valence electrons. The third-order valence-electron chi connectivity index (χ3n) is 1.97. The molecule has 4 heteroatoms. The van der Waals surface area contributed by atoms with Crippen LogP contribution in [0.5, 0.6) is 0 Å². The maximum Gasteiger partial charge on any atom is 0.440 e. The molecule has 0 aromatic rings. The molecule has 4 nitrogen and oxygen atoms in total. The number of hydrogen-bond acceptors (Lipinski definition) is 3. The molecule has 0 aliphatic rings. The highest BCUT2D eigenvalue weighted by atomic mass is 16.6. The molecule has 0 fully saturated rings. The van der Waals surface area contributed by atoms with Crippen molar-refractivity contribution in [3.8, 4) is 0 Å². The second kappa shape index (κ2) is 7.19. The first-order valence-electron chi connectivity index (χ1n) is 5.05.